The molecule has 0 spiro atoms. The number of fused-ring (bicyclic) bond motifs is 1. The minimum atomic E-state index is -0.701. The van der Waals surface area contributed by atoms with Crippen molar-refractivity contribution < 1.29 is 23.9 Å². The fraction of sp³-hybridized carbons (Fsp3) is 0.267. The van der Waals surface area contributed by atoms with Crippen molar-refractivity contribution in [2.75, 3.05) is 6.54 Å². The zero-order valence-corrected chi connectivity index (χ0v) is 21.3. The van der Waals surface area contributed by atoms with Gasteiger partial charge in [0.15, 0.2) is 5.78 Å². The number of rotatable bonds is 5. The molecule has 0 saturated heterocycles. The van der Waals surface area contributed by atoms with Gasteiger partial charge in [0, 0.05) is 45.8 Å². The quantitative estimate of drug-likeness (QED) is 0.242. The SMILES string of the molecule is CCCCN1C(=O)c2cccc3c(C(=O)c4cn(C(=O)OC(C)(C)C)c5ccccc45)ccc(c23)C1=O. The highest BCUT2D eigenvalue weighted by atomic mass is 16.6. The number of benzene rings is 3. The van der Waals surface area contributed by atoms with Crippen LogP contribution in [0.3, 0.4) is 0 Å². The lowest BCUT2D eigenvalue weighted by atomic mass is 9.89. The van der Waals surface area contributed by atoms with Crippen LogP contribution in [0.15, 0.2) is 60.8 Å². The smallest absolute Gasteiger partial charge is 0.419 e. The topological polar surface area (TPSA) is 85.7 Å². The molecular weight excluding hydrogens is 468 g/mol. The van der Waals surface area contributed by atoms with Gasteiger partial charge in [0.2, 0.25) is 0 Å². The number of ketones is 1. The predicted molar refractivity (Wildman–Crippen MR) is 141 cm³/mol. The van der Waals surface area contributed by atoms with E-state index in [2.05, 4.69) is 0 Å². The van der Waals surface area contributed by atoms with Gasteiger partial charge in [0.05, 0.1) is 5.52 Å². The van der Waals surface area contributed by atoms with Gasteiger partial charge in [-0.3, -0.25) is 23.9 Å². The average Bonchev–Trinajstić information content (AvgIpc) is 3.25. The molecule has 4 aromatic rings. The van der Waals surface area contributed by atoms with Gasteiger partial charge in [0.25, 0.3) is 11.8 Å². The van der Waals surface area contributed by atoms with E-state index < -0.39 is 11.7 Å². The first-order valence-electron chi connectivity index (χ1n) is 12.4. The highest BCUT2D eigenvalue weighted by molar-refractivity contribution is 6.29. The van der Waals surface area contributed by atoms with E-state index in [0.29, 0.717) is 50.5 Å². The lowest BCUT2D eigenvalue weighted by molar-refractivity contribution is 0.0541. The Kier molecular flexibility index (Phi) is 5.94. The first kappa shape index (κ1) is 24.4. The number of amides is 2. The van der Waals surface area contributed by atoms with E-state index >= 15 is 0 Å². The highest BCUT2D eigenvalue weighted by Crippen LogP contribution is 2.34. The van der Waals surface area contributed by atoms with Gasteiger partial charge in [-0.1, -0.05) is 43.7 Å². The molecule has 5 rings (SSSR count). The summed E-state index contributed by atoms with van der Waals surface area (Å²) < 4.78 is 6.89. The van der Waals surface area contributed by atoms with Crippen molar-refractivity contribution in [1.29, 1.82) is 0 Å². The van der Waals surface area contributed by atoms with Crippen molar-refractivity contribution >= 4 is 45.4 Å². The van der Waals surface area contributed by atoms with Crippen molar-refractivity contribution in [3.05, 3.63) is 83.0 Å². The summed E-state index contributed by atoms with van der Waals surface area (Å²) in [6, 6.07) is 15.6. The molecule has 0 unspecified atom stereocenters. The summed E-state index contributed by atoms with van der Waals surface area (Å²) in [7, 11) is 0. The lowest BCUT2D eigenvalue weighted by Gasteiger charge is -2.27. The van der Waals surface area contributed by atoms with Crippen LogP contribution in [0.25, 0.3) is 21.7 Å². The molecule has 3 aromatic carbocycles. The molecule has 2 amide bonds. The third-order valence-corrected chi connectivity index (χ3v) is 6.52. The molecule has 188 valence electrons. The Bertz CT molecular complexity index is 1580. The summed E-state index contributed by atoms with van der Waals surface area (Å²) in [4.78, 5) is 54.6. The summed E-state index contributed by atoms with van der Waals surface area (Å²) in [5, 5.41) is 1.63. The van der Waals surface area contributed by atoms with E-state index in [1.54, 1.807) is 75.4 Å². The van der Waals surface area contributed by atoms with E-state index in [4.69, 9.17) is 4.74 Å². The number of nitrogens with zero attached hydrogens (tertiary/aromatic N) is 2. The Balaban J connectivity index is 1.64. The molecule has 1 aliphatic heterocycles. The number of hydrogen-bond donors (Lipinski definition) is 0. The van der Waals surface area contributed by atoms with Gasteiger partial charge in [-0.05, 0) is 56.8 Å². The number of carbonyl (C=O) groups excluding carboxylic acids is 4. The molecule has 0 bridgehead atoms. The van der Waals surface area contributed by atoms with Gasteiger partial charge in [-0.2, -0.15) is 0 Å². The normalized spacial score (nSPS) is 13.5. The van der Waals surface area contributed by atoms with Gasteiger partial charge in [0.1, 0.15) is 5.60 Å². The highest BCUT2D eigenvalue weighted by Gasteiger charge is 2.34. The van der Waals surface area contributed by atoms with Gasteiger partial charge >= 0.3 is 6.09 Å². The summed E-state index contributed by atoms with van der Waals surface area (Å²) in [6.07, 6.45) is 2.50. The number of para-hydroxylation sites is 1. The number of carbonyl (C=O) groups is 4. The van der Waals surface area contributed by atoms with Gasteiger partial charge in [-0.25, -0.2) is 4.79 Å². The molecule has 7 nitrogen and oxygen atoms in total. The number of unbranched alkanes of at least 4 members (excludes halogenated alkanes) is 1. The fourth-order valence-corrected chi connectivity index (χ4v) is 4.83. The summed E-state index contributed by atoms with van der Waals surface area (Å²) in [5.74, 6) is -0.999. The molecule has 37 heavy (non-hydrogen) atoms. The van der Waals surface area contributed by atoms with E-state index in [9.17, 15) is 19.2 Å². The van der Waals surface area contributed by atoms with Gasteiger partial charge in [-0.15, -0.1) is 0 Å². The molecule has 1 aromatic heterocycles. The fourth-order valence-electron chi connectivity index (χ4n) is 4.83. The molecule has 0 radical (unpaired) electrons. The Morgan fingerprint density at radius 2 is 1.51 bits per heavy atom. The standard InChI is InChI=1S/C30H28N2O5/c1-5-6-16-31-27(34)21-12-9-11-19-20(14-15-22(25(19)21)28(31)35)26(33)23-17-32(29(36)37-30(2,3)4)24-13-8-7-10-18(23)24/h7-15,17H,5-6,16H2,1-4H3. The van der Waals surface area contributed by atoms with Crippen LogP contribution in [0, 0.1) is 0 Å². The maximum Gasteiger partial charge on any atom is 0.419 e. The Labute approximate surface area is 214 Å². The van der Waals surface area contributed by atoms with Crippen LogP contribution in [0.5, 0.6) is 0 Å². The first-order chi connectivity index (χ1) is 17.6. The number of aromatic nitrogens is 1. The van der Waals surface area contributed by atoms with Crippen molar-refractivity contribution in [2.24, 2.45) is 0 Å². The van der Waals surface area contributed by atoms with Crippen LogP contribution in [0.2, 0.25) is 0 Å². The monoisotopic (exact) mass is 496 g/mol. The third kappa shape index (κ3) is 4.10. The second-order valence-electron chi connectivity index (χ2n) is 10.2. The average molecular weight is 497 g/mol. The van der Waals surface area contributed by atoms with Crippen molar-refractivity contribution in [3.8, 4) is 0 Å². The molecule has 0 N–H and O–H groups in total. The number of hydrogen-bond acceptors (Lipinski definition) is 5. The maximum absolute atomic E-state index is 13.9. The zero-order valence-electron chi connectivity index (χ0n) is 21.3. The molecule has 0 atom stereocenters. The Hall–Kier alpha value is -4.26. The minimum absolute atomic E-state index is 0.310. The molecule has 2 heterocycles. The maximum atomic E-state index is 13.9. The Morgan fingerprint density at radius 1 is 0.838 bits per heavy atom. The minimum Gasteiger partial charge on any atom is -0.443 e. The zero-order chi connectivity index (χ0) is 26.5. The largest absolute Gasteiger partial charge is 0.443 e. The molecule has 0 aliphatic carbocycles. The van der Waals surface area contributed by atoms with E-state index in [-0.39, 0.29) is 17.6 Å². The van der Waals surface area contributed by atoms with Crippen LogP contribution in [-0.2, 0) is 4.74 Å². The lowest BCUT2D eigenvalue weighted by Crippen LogP contribution is -2.40. The predicted octanol–water partition coefficient (Wildman–Crippen LogP) is 6.20. The summed E-state index contributed by atoms with van der Waals surface area (Å²) >= 11 is 0. The molecular formula is C30H28N2O5. The molecule has 7 heteroatoms. The van der Waals surface area contributed by atoms with E-state index in [1.807, 2.05) is 6.92 Å². The van der Waals surface area contributed by atoms with Crippen LogP contribution >= 0.6 is 0 Å². The van der Waals surface area contributed by atoms with Crippen molar-refractivity contribution in [1.82, 2.24) is 9.47 Å². The molecule has 0 fully saturated rings. The van der Waals surface area contributed by atoms with Crippen molar-refractivity contribution in [3.63, 3.8) is 0 Å². The molecule has 0 saturated carbocycles. The second-order valence-corrected chi connectivity index (χ2v) is 10.2. The molecule has 1 aliphatic rings. The van der Waals surface area contributed by atoms with Crippen molar-refractivity contribution in [2.45, 2.75) is 46.1 Å². The number of imide groups is 1. The first-order valence-corrected chi connectivity index (χ1v) is 12.4. The van der Waals surface area contributed by atoms with Crippen LogP contribution in [0.4, 0.5) is 4.79 Å². The van der Waals surface area contributed by atoms with E-state index in [0.717, 1.165) is 12.8 Å². The van der Waals surface area contributed by atoms with E-state index in [1.165, 1.54) is 15.7 Å². The van der Waals surface area contributed by atoms with Crippen LogP contribution in [0.1, 0.15) is 77.2 Å². The number of ether oxygens (including phenoxy) is 1. The third-order valence-electron chi connectivity index (χ3n) is 6.52. The van der Waals surface area contributed by atoms with Gasteiger partial charge < -0.3 is 4.74 Å². The van der Waals surface area contributed by atoms with Crippen LogP contribution < -0.4 is 0 Å². The summed E-state index contributed by atoms with van der Waals surface area (Å²) in [5.41, 5.74) is 1.37. The summed E-state index contributed by atoms with van der Waals surface area (Å²) in [6.45, 7) is 7.71. The van der Waals surface area contributed by atoms with Crippen LogP contribution in [-0.4, -0.2) is 45.3 Å². The Morgan fingerprint density at radius 3 is 2.22 bits per heavy atom. The second kappa shape index (κ2) is 9.00.